The van der Waals surface area contributed by atoms with E-state index < -0.39 is 81.0 Å². The van der Waals surface area contributed by atoms with Crippen molar-refractivity contribution in [3.8, 4) is 16.9 Å². The Morgan fingerprint density at radius 3 is 2.00 bits per heavy atom. The van der Waals surface area contributed by atoms with E-state index in [9.17, 15) is 44.7 Å². The van der Waals surface area contributed by atoms with Crippen LogP contribution in [-0.2, 0) is 14.3 Å². The highest BCUT2D eigenvalue weighted by Gasteiger charge is 2.65. The van der Waals surface area contributed by atoms with Gasteiger partial charge in [-0.15, -0.1) is 0 Å². The number of carbonyl (C=O) groups is 2. The maximum absolute atomic E-state index is 14.6. The van der Waals surface area contributed by atoms with E-state index in [1.807, 2.05) is 0 Å². The van der Waals surface area contributed by atoms with Crippen molar-refractivity contribution in [2.75, 3.05) is 12.0 Å². The van der Waals surface area contributed by atoms with Gasteiger partial charge in [-0.2, -0.15) is 8.78 Å². The maximum Gasteiger partial charge on any atom is 0.483 e. The summed E-state index contributed by atoms with van der Waals surface area (Å²) in [5.41, 5.74) is -5.64. The summed E-state index contributed by atoms with van der Waals surface area (Å²) in [6.07, 6.45) is -4.86. The molecule has 0 atom stereocenters. The number of hydrogen-bond acceptors (Lipinski definition) is 4. The molecule has 0 saturated heterocycles. The van der Waals surface area contributed by atoms with Gasteiger partial charge in [-0.25, -0.2) is 31.1 Å². The average Bonchev–Trinajstić information content (AvgIpc) is 3.53. The minimum atomic E-state index is -4.55. The molecule has 13 heteroatoms. The summed E-state index contributed by atoms with van der Waals surface area (Å²) in [5, 5.41) is 0. The van der Waals surface area contributed by atoms with E-state index in [1.165, 1.54) is 0 Å². The monoisotopic (exact) mass is 467 g/mol. The zero-order valence-corrected chi connectivity index (χ0v) is 15.7. The van der Waals surface area contributed by atoms with E-state index in [4.69, 9.17) is 0 Å². The van der Waals surface area contributed by atoms with Crippen molar-refractivity contribution in [1.29, 1.82) is 0 Å². The van der Waals surface area contributed by atoms with Gasteiger partial charge in [0.1, 0.15) is 11.4 Å². The second kappa shape index (κ2) is 6.81. The Morgan fingerprint density at radius 1 is 0.969 bits per heavy atom. The molecule has 5 nitrogen and oxygen atoms in total. The highest BCUT2D eigenvalue weighted by atomic mass is 19.3. The van der Waals surface area contributed by atoms with Crippen LogP contribution in [0.5, 0.6) is 5.75 Å². The molecule has 4 rings (SSSR count). The lowest BCUT2D eigenvalue weighted by molar-refractivity contribution is -0.194. The first kappa shape index (κ1) is 21.8. The number of fused-ring (bicyclic) bond motifs is 1. The van der Waals surface area contributed by atoms with Crippen LogP contribution >= 0.6 is 0 Å². The number of esters is 1. The summed E-state index contributed by atoms with van der Waals surface area (Å²) in [7, 11) is 0.914. The first-order valence-electron chi connectivity index (χ1n) is 8.72. The summed E-state index contributed by atoms with van der Waals surface area (Å²) in [5.74, 6) is -17.9. The number of anilines is 1. The van der Waals surface area contributed by atoms with E-state index >= 15 is 0 Å². The molecule has 1 aliphatic heterocycles. The molecular weight excluding hydrogens is 458 g/mol. The average molecular weight is 467 g/mol. The fourth-order valence-corrected chi connectivity index (χ4v) is 3.51. The number of ether oxygens (including phenoxy) is 2. The molecule has 0 radical (unpaired) electrons. The van der Waals surface area contributed by atoms with Crippen LogP contribution in [0.25, 0.3) is 11.1 Å². The minimum absolute atomic E-state index is 0.157. The molecule has 2 aromatic carbocycles. The summed E-state index contributed by atoms with van der Waals surface area (Å²) in [6, 6.07) is 0.572. The topological polar surface area (TPSA) is 55.8 Å². The quantitative estimate of drug-likeness (QED) is 0.294. The van der Waals surface area contributed by atoms with E-state index in [-0.39, 0.29) is 23.8 Å². The standard InChI is InChI=1S/C19H9F8NO4/c1-31-17(30)18(2-3-18)28-8-4-6(7(20)5-9(8)32-19(26,27)16(28)29)10-11(21)13(23)15(25)14(24)12(10)22/h4-5H,2-3H2,1H3. The number of nitrogens with zero attached hydrogens (tertiary/aromatic N) is 1. The highest BCUT2D eigenvalue weighted by molar-refractivity contribution is 6.09. The van der Waals surface area contributed by atoms with Gasteiger partial charge >= 0.3 is 18.0 Å². The summed E-state index contributed by atoms with van der Waals surface area (Å²) < 4.78 is 121. The zero-order chi connectivity index (χ0) is 23.7. The van der Waals surface area contributed by atoms with Gasteiger partial charge in [0.15, 0.2) is 29.0 Å². The smallest absolute Gasteiger partial charge is 0.467 e. The zero-order valence-electron chi connectivity index (χ0n) is 15.7. The Morgan fingerprint density at radius 2 is 1.50 bits per heavy atom. The molecule has 0 unspecified atom stereocenters. The molecule has 0 N–H and O–H groups in total. The third kappa shape index (κ3) is 2.83. The van der Waals surface area contributed by atoms with Crippen molar-refractivity contribution >= 4 is 17.6 Å². The van der Waals surface area contributed by atoms with Crippen LogP contribution in [0.4, 0.5) is 40.8 Å². The highest BCUT2D eigenvalue weighted by Crippen LogP contribution is 2.53. The van der Waals surface area contributed by atoms with Gasteiger partial charge in [-0.1, -0.05) is 0 Å². The molecule has 1 fully saturated rings. The Balaban J connectivity index is 2.00. The van der Waals surface area contributed by atoms with Crippen LogP contribution in [0.1, 0.15) is 12.8 Å². The molecular formula is C19H9F8NO4. The lowest BCUT2D eigenvalue weighted by Crippen LogP contribution is -2.58. The number of methoxy groups -OCH3 is 1. The van der Waals surface area contributed by atoms with Gasteiger partial charge in [0, 0.05) is 11.6 Å². The van der Waals surface area contributed by atoms with Crippen LogP contribution in [0.2, 0.25) is 0 Å². The van der Waals surface area contributed by atoms with E-state index in [2.05, 4.69) is 9.47 Å². The Bertz CT molecular complexity index is 1170. The maximum atomic E-state index is 14.6. The largest absolute Gasteiger partial charge is 0.483 e. The molecule has 0 bridgehead atoms. The third-order valence-corrected chi connectivity index (χ3v) is 5.18. The van der Waals surface area contributed by atoms with Crippen LogP contribution in [0, 0.1) is 34.9 Å². The van der Waals surface area contributed by atoms with Crippen molar-refractivity contribution in [1.82, 2.24) is 0 Å². The van der Waals surface area contributed by atoms with Crippen LogP contribution in [0.3, 0.4) is 0 Å². The molecule has 0 aromatic heterocycles. The van der Waals surface area contributed by atoms with Gasteiger partial charge in [0.2, 0.25) is 5.82 Å². The van der Waals surface area contributed by atoms with Crippen molar-refractivity contribution in [2.24, 2.45) is 0 Å². The van der Waals surface area contributed by atoms with E-state index in [1.54, 1.807) is 0 Å². The molecule has 1 saturated carbocycles. The fraction of sp³-hybridized carbons (Fsp3) is 0.263. The molecule has 1 aliphatic carbocycles. The number of carbonyl (C=O) groups excluding carboxylic acids is 2. The first-order chi connectivity index (χ1) is 14.9. The summed E-state index contributed by atoms with van der Waals surface area (Å²) in [6.45, 7) is 0. The van der Waals surface area contributed by atoms with Crippen LogP contribution in [0.15, 0.2) is 12.1 Å². The minimum Gasteiger partial charge on any atom is -0.467 e. The second-order valence-electron chi connectivity index (χ2n) is 7.03. The lowest BCUT2D eigenvalue weighted by Gasteiger charge is -2.37. The number of hydrogen-bond donors (Lipinski definition) is 0. The van der Waals surface area contributed by atoms with Gasteiger partial charge < -0.3 is 9.47 Å². The van der Waals surface area contributed by atoms with Crippen molar-refractivity contribution < 1.29 is 54.2 Å². The number of alkyl halides is 2. The Hall–Kier alpha value is -3.38. The number of amides is 1. The Labute approximate surface area is 173 Å². The molecule has 2 aliphatic rings. The fourth-order valence-electron chi connectivity index (χ4n) is 3.51. The lowest BCUT2D eigenvalue weighted by atomic mass is 9.99. The number of benzene rings is 2. The van der Waals surface area contributed by atoms with E-state index in [0.717, 1.165) is 7.11 Å². The van der Waals surface area contributed by atoms with Gasteiger partial charge in [0.05, 0.1) is 18.4 Å². The first-order valence-corrected chi connectivity index (χ1v) is 8.72. The van der Waals surface area contributed by atoms with Crippen molar-refractivity contribution in [3.05, 3.63) is 47.0 Å². The third-order valence-electron chi connectivity index (χ3n) is 5.18. The molecule has 1 amide bonds. The molecule has 1 heterocycles. The van der Waals surface area contributed by atoms with Crippen molar-refractivity contribution in [2.45, 2.75) is 24.5 Å². The summed E-state index contributed by atoms with van der Waals surface area (Å²) in [4.78, 5) is 24.8. The van der Waals surface area contributed by atoms with Gasteiger partial charge in [-0.05, 0) is 18.9 Å². The number of rotatable bonds is 3. The normalized spacial score (nSPS) is 18.2. The summed E-state index contributed by atoms with van der Waals surface area (Å²) >= 11 is 0. The molecule has 2 aromatic rings. The SMILES string of the molecule is COC(=O)C1(N2C(=O)C(F)(F)Oc3cc(F)c(-c4c(F)c(F)c(F)c(F)c4F)cc32)CC1. The van der Waals surface area contributed by atoms with Gasteiger partial charge in [-0.3, -0.25) is 9.69 Å². The van der Waals surface area contributed by atoms with Gasteiger partial charge in [0.25, 0.3) is 0 Å². The molecule has 0 spiro atoms. The molecule has 170 valence electrons. The van der Waals surface area contributed by atoms with E-state index in [0.29, 0.717) is 6.07 Å². The molecule has 32 heavy (non-hydrogen) atoms. The van der Waals surface area contributed by atoms with Crippen molar-refractivity contribution in [3.63, 3.8) is 0 Å². The Kier molecular flexibility index (Phi) is 4.65. The predicted octanol–water partition coefficient (Wildman–Crippen LogP) is 4.21. The second-order valence-corrected chi connectivity index (χ2v) is 7.03. The predicted molar refractivity (Wildman–Crippen MR) is 88.7 cm³/mol. The number of halogens is 8. The van der Waals surface area contributed by atoms with Crippen LogP contribution < -0.4 is 9.64 Å². The van der Waals surface area contributed by atoms with Crippen LogP contribution in [-0.4, -0.2) is 30.6 Å².